The van der Waals surface area contributed by atoms with Gasteiger partial charge in [0.1, 0.15) is 6.17 Å². The maximum Gasteiger partial charge on any atom is 0.407 e. The fraction of sp³-hybridized carbons (Fsp3) is 0.857. The van der Waals surface area contributed by atoms with Gasteiger partial charge in [-0.2, -0.15) is 0 Å². The van der Waals surface area contributed by atoms with Crippen LogP contribution in [0.15, 0.2) is 0 Å². The van der Waals surface area contributed by atoms with Gasteiger partial charge in [0.15, 0.2) is 0 Å². The van der Waals surface area contributed by atoms with E-state index in [-0.39, 0.29) is 19.5 Å². The van der Waals surface area contributed by atoms with E-state index in [1.165, 1.54) is 6.92 Å². The highest BCUT2D eigenvalue weighted by molar-refractivity contribution is 5.65. The van der Waals surface area contributed by atoms with Crippen LogP contribution in [0.5, 0.6) is 0 Å². The predicted molar refractivity (Wildman–Crippen MR) is 39.7 cm³/mol. The van der Waals surface area contributed by atoms with Crippen molar-refractivity contribution >= 4 is 6.09 Å². The van der Waals surface area contributed by atoms with E-state index in [1.54, 1.807) is 0 Å². The molecule has 1 fully saturated rings. The number of carboxylic acid groups (broad SMARTS) is 1. The average molecular weight is 177 g/mol. The summed E-state index contributed by atoms with van der Waals surface area (Å²) in [6, 6.07) is 0. The Morgan fingerprint density at radius 2 is 2.33 bits per heavy atom. The van der Waals surface area contributed by atoms with E-state index in [0.717, 1.165) is 4.90 Å². The molecule has 1 saturated heterocycles. The minimum Gasteiger partial charge on any atom is -0.465 e. The molecule has 1 unspecified atom stereocenters. The van der Waals surface area contributed by atoms with E-state index in [1.807, 2.05) is 0 Å². The summed E-state index contributed by atoms with van der Waals surface area (Å²) in [5.41, 5.74) is -1.37. The van der Waals surface area contributed by atoms with Crippen LogP contribution >= 0.6 is 0 Å². The second kappa shape index (κ2) is 2.90. The fourth-order valence-electron chi connectivity index (χ4n) is 1.17. The zero-order chi connectivity index (χ0) is 9.35. The summed E-state index contributed by atoms with van der Waals surface area (Å²) in [5.74, 6) is 0. The van der Waals surface area contributed by atoms with Gasteiger partial charge in [0.25, 0.3) is 0 Å². The van der Waals surface area contributed by atoms with E-state index >= 15 is 0 Å². The number of aliphatic hydroxyl groups is 1. The van der Waals surface area contributed by atoms with Crippen LogP contribution in [0, 0.1) is 0 Å². The number of likely N-dealkylation sites (tertiary alicyclic amines) is 1. The van der Waals surface area contributed by atoms with E-state index in [2.05, 4.69) is 0 Å². The van der Waals surface area contributed by atoms with Crippen LogP contribution in [0.1, 0.15) is 13.3 Å². The summed E-state index contributed by atoms with van der Waals surface area (Å²) in [7, 11) is 0. The standard InChI is InChI=1S/C7H12FNO3/c1-7(12)2-3-9(6(10)11)4-5(7)8/h5,12H,2-4H2,1H3,(H,10,11)/t5-,7?/m0/s1. The Bertz CT molecular complexity index is 195. The molecule has 0 bridgehead atoms. The lowest BCUT2D eigenvalue weighted by Gasteiger charge is -2.37. The number of nitrogens with zero attached hydrogens (tertiary/aromatic N) is 1. The highest BCUT2D eigenvalue weighted by Gasteiger charge is 2.39. The SMILES string of the molecule is CC1(O)CCN(C(=O)O)C[C@@H]1F. The van der Waals surface area contributed by atoms with Gasteiger partial charge in [-0.25, -0.2) is 9.18 Å². The van der Waals surface area contributed by atoms with E-state index < -0.39 is 17.9 Å². The lowest BCUT2D eigenvalue weighted by molar-refractivity contribution is -0.0655. The molecule has 0 aromatic heterocycles. The van der Waals surface area contributed by atoms with Crippen molar-refractivity contribution in [2.75, 3.05) is 13.1 Å². The topological polar surface area (TPSA) is 60.8 Å². The molecule has 0 radical (unpaired) electrons. The molecule has 1 amide bonds. The number of halogens is 1. The van der Waals surface area contributed by atoms with Crippen LogP contribution in [0.4, 0.5) is 9.18 Å². The first kappa shape index (κ1) is 9.25. The molecule has 12 heavy (non-hydrogen) atoms. The van der Waals surface area contributed by atoms with Gasteiger partial charge in [-0.05, 0) is 13.3 Å². The Labute approximate surface area is 69.6 Å². The van der Waals surface area contributed by atoms with Crippen molar-refractivity contribution < 1.29 is 19.4 Å². The molecule has 70 valence electrons. The molecule has 1 heterocycles. The number of amides is 1. The molecule has 1 aliphatic rings. The van der Waals surface area contributed by atoms with Crippen molar-refractivity contribution in [3.8, 4) is 0 Å². The third kappa shape index (κ3) is 1.66. The van der Waals surface area contributed by atoms with Crippen molar-refractivity contribution in [2.45, 2.75) is 25.1 Å². The monoisotopic (exact) mass is 177 g/mol. The average Bonchev–Trinajstić information content (AvgIpc) is 1.94. The van der Waals surface area contributed by atoms with Crippen LogP contribution in [-0.4, -0.2) is 46.1 Å². The molecular formula is C7H12FNO3. The van der Waals surface area contributed by atoms with Gasteiger partial charge in [0.2, 0.25) is 0 Å². The molecule has 1 aliphatic heterocycles. The second-order valence-electron chi connectivity index (χ2n) is 3.30. The van der Waals surface area contributed by atoms with E-state index in [4.69, 9.17) is 5.11 Å². The highest BCUT2D eigenvalue weighted by atomic mass is 19.1. The molecule has 0 spiro atoms. The largest absolute Gasteiger partial charge is 0.465 e. The maximum absolute atomic E-state index is 13.0. The van der Waals surface area contributed by atoms with Gasteiger partial charge in [-0.3, -0.25) is 0 Å². The number of hydrogen-bond donors (Lipinski definition) is 2. The zero-order valence-electron chi connectivity index (χ0n) is 6.83. The lowest BCUT2D eigenvalue weighted by Crippen LogP contribution is -2.53. The predicted octanol–water partition coefficient (Wildman–Crippen LogP) is 0.459. The minimum absolute atomic E-state index is 0.153. The Kier molecular flexibility index (Phi) is 2.23. The van der Waals surface area contributed by atoms with Crippen molar-refractivity contribution in [1.82, 2.24) is 4.90 Å². The van der Waals surface area contributed by atoms with Crippen LogP contribution < -0.4 is 0 Å². The van der Waals surface area contributed by atoms with Crippen LogP contribution in [0.2, 0.25) is 0 Å². The van der Waals surface area contributed by atoms with Gasteiger partial charge >= 0.3 is 6.09 Å². The fourth-order valence-corrected chi connectivity index (χ4v) is 1.17. The number of alkyl halides is 1. The Balaban J connectivity index is 2.58. The molecule has 1 rings (SSSR count). The number of piperidine rings is 1. The van der Waals surface area contributed by atoms with Gasteiger partial charge in [-0.1, -0.05) is 0 Å². The van der Waals surface area contributed by atoms with E-state index in [0.29, 0.717) is 0 Å². The van der Waals surface area contributed by atoms with Crippen molar-refractivity contribution in [1.29, 1.82) is 0 Å². The van der Waals surface area contributed by atoms with Gasteiger partial charge in [0.05, 0.1) is 12.1 Å². The zero-order valence-corrected chi connectivity index (χ0v) is 6.83. The summed E-state index contributed by atoms with van der Waals surface area (Å²) < 4.78 is 13.0. The summed E-state index contributed by atoms with van der Waals surface area (Å²) in [5, 5.41) is 17.9. The molecule has 0 aromatic carbocycles. The van der Waals surface area contributed by atoms with Crippen LogP contribution in [0.25, 0.3) is 0 Å². The smallest absolute Gasteiger partial charge is 0.407 e. The molecule has 4 nitrogen and oxygen atoms in total. The first-order valence-corrected chi connectivity index (χ1v) is 3.78. The third-order valence-electron chi connectivity index (χ3n) is 2.21. The minimum atomic E-state index is -1.48. The van der Waals surface area contributed by atoms with E-state index in [9.17, 15) is 14.3 Å². The molecule has 2 atom stereocenters. The Morgan fingerprint density at radius 3 is 2.75 bits per heavy atom. The highest BCUT2D eigenvalue weighted by Crippen LogP contribution is 2.24. The first-order chi connectivity index (χ1) is 5.43. The lowest BCUT2D eigenvalue weighted by atomic mass is 9.92. The molecule has 0 aromatic rings. The number of rotatable bonds is 0. The molecule has 2 N–H and O–H groups in total. The molecule has 5 heteroatoms. The summed E-state index contributed by atoms with van der Waals surface area (Å²) >= 11 is 0. The third-order valence-corrected chi connectivity index (χ3v) is 2.21. The van der Waals surface area contributed by atoms with Gasteiger partial charge in [0, 0.05) is 6.54 Å². The van der Waals surface area contributed by atoms with Crippen molar-refractivity contribution in [3.63, 3.8) is 0 Å². The number of carbonyl (C=O) groups is 1. The van der Waals surface area contributed by atoms with Crippen LogP contribution in [-0.2, 0) is 0 Å². The second-order valence-corrected chi connectivity index (χ2v) is 3.30. The molecular weight excluding hydrogens is 165 g/mol. The summed E-state index contributed by atoms with van der Waals surface area (Å²) in [6.07, 6.45) is -2.46. The summed E-state index contributed by atoms with van der Waals surface area (Å²) in [4.78, 5) is 11.4. The number of hydrogen-bond acceptors (Lipinski definition) is 2. The molecule has 0 aliphatic carbocycles. The van der Waals surface area contributed by atoms with Gasteiger partial charge < -0.3 is 15.1 Å². The normalized spacial score (nSPS) is 36.6. The quantitative estimate of drug-likeness (QED) is 0.565. The Morgan fingerprint density at radius 1 is 1.75 bits per heavy atom. The molecule has 0 saturated carbocycles. The van der Waals surface area contributed by atoms with Crippen molar-refractivity contribution in [2.24, 2.45) is 0 Å². The van der Waals surface area contributed by atoms with Gasteiger partial charge in [-0.15, -0.1) is 0 Å². The maximum atomic E-state index is 13.0. The summed E-state index contributed by atoms with van der Waals surface area (Å²) in [6.45, 7) is 1.35. The Hall–Kier alpha value is -0.840. The van der Waals surface area contributed by atoms with Crippen molar-refractivity contribution in [3.05, 3.63) is 0 Å². The van der Waals surface area contributed by atoms with Crippen LogP contribution in [0.3, 0.4) is 0 Å². The first-order valence-electron chi connectivity index (χ1n) is 3.78.